The molecule has 0 unspecified atom stereocenters. The van der Waals surface area contributed by atoms with E-state index in [1.54, 1.807) is 12.3 Å². The van der Waals surface area contributed by atoms with Crippen LogP contribution in [0.25, 0.3) is 0 Å². The summed E-state index contributed by atoms with van der Waals surface area (Å²) in [5.41, 5.74) is 5.88. The fourth-order valence-corrected chi connectivity index (χ4v) is 3.43. The summed E-state index contributed by atoms with van der Waals surface area (Å²) in [4.78, 5) is 4.16. The Kier molecular flexibility index (Phi) is 4.76. The van der Waals surface area contributed by atoms with Crippen LogP contribution in [0.3, 0.4) is 0 Å². The van der Waals surface area contributed by atoms with Gasteiger partial charge in [-0.2, -0.15) is 4.31 Å². The predicted molar refractivity (Wildman–Crippen MR) is 77.3 cm³/mol. The Hall–Kier alpha value is -1.42. The van der Waals surface area contributed by atoms with Crippen molar-refractivity contribution >= 4 is 10.0 Å². The SMILES string of the molecule is CCN(CC1CC1)S(=O)(=O)c1cncc(C#CCN)c1. The average molecular weight is 293 g/mol. The van der Waals surface area contributed by atoms with Gasteiger partial charge in [0.1, 0.15) is 4.90 Å². The third-order valence-electron chi connectivity index (χ3n) is 3.20. The van der Waals surface area contributed by atoms with Crippen molar-refractivity contribution in [2.45, 2.75) is 24.7 Å². The molecule has 0 saturated heterocycles. The summed E-state index contributed by atoms with van der Waals surface area (Å²) < 4.78 is 26.6. The number of hydrogen-bond donors (Lipinski definition) is 1. The van der Waals surface area contributed by atoms with E-state index in [1.807, 2.05) is 6.92 Å². The van der Waals surface area contributed by atoms with E-state index in [0.717, 1.165) is 12.8 Å². The fourth-order valence-electron chi connectivity index (χ4n) is 1.92. The zero-order valence-electron chi connectivity index (χ0n) is 11.5. The predicted octanol–water partition coefficient (Wildman–Crippen LogP) is 0.812. The zero-order valence-corrected chi connectivity index (χ0v) is 12.4. The van der Waals surface area contributed by atoms with Gasteiger partial charge in [0.05, 0.1) is 6.54 Å². The molecule has 2 rings (SSSR count). The summed E-state index contributed by atoms with van der Waals surface area (Å²) in [7, 11) is -3.48. The van der Waals surface area contributed by atoms with E-state index in [9.17, 15) is 8.42 Å². The zero-order chi connectivity index (χ0) is 14.6. The molecule has 0 aliphatic heterocycles. The second kappa shape index (κ2) is 6.35. The highest BCUT2D eigenvalue weighted by Gasteiger charge is 2.30. The van der Waals surface area contributed by atoms with Gasteiger partial charge in [-0.05, 0) is 24.8 Å². The van der Waals surface area contributed by atoms with E-state index in [2.05, 4.69) is 16.8 Å². The minimum absolute atomic E-state index is 0.198. The lowest BCUT2D eigenvalue weighted by Crippen LogP contribution is -2.32. The topological polar surface area (TPSA) is 76.3 Å². The first kappa shape index (κ1) is 15.0. The van der Waals surface area contributed by atoms with E-state index in [-0.39, 0.29) is 11.4 Å². The van der Waals surface area contributed by atoms with E-state index < -0.39 is 10.0 Å². The first-order valence-electron chi connectivity index (χ1n) is 6.72. The van der Waals surface area contributed by atoms with Crippen LogP contribution in [0, 0.1) is 17.8 Å². The number of pyridine rings is 1. The monoisotopic (exact) mass is 293 g/mol. The number of sulfonamides is 1. The second-order valence-electron chi connectivity index (χ2n) is 4.81. The molecule has 1 aliphatic carbocycles. The molecule has 2 N–H and O–H groups in total. The molecule has 1 fully saturated rings. The molecule has 0 radical (unpaired) electrons. The molecular formula is C14H19N3O2S. The summed E-state index contributed by atoms with van der Waals surface area (Å²) in [6.45, 7) is 3.15. The maximum atomic E-state index is 12.6. The summed E-state index contributed by atoms with van der Waals surface area (Å²) in [6.07, 6.45) is 5.15. The van der Waals surface area contributed by atoms with Crippen LogP contribution in [-0.4, -0.2) is 37.3 Å². The minimum Gasteiger partial charge on any atom is -0.320 e. The van der Waals surface area contributed by atoms with E-state index in [1.165, 1.54) is 10.5 Å². The van der Waals surface area contributed by atoms with Crippen molar-refractivity contribution in [1.82, 2.24) is 9.29 Å². The number of nitrogens with zero attached hydrogens (tertiary/aromatic N) is 2. The largest absolute Gasteiger partial charge is 0.320 e. The Morgan fingerprint density at radius 3 is 2.80 bits per heavy atom. The van der Waals surface area contributed by atoms with Crippen molar-refractivity contribution in [3.63, 3.8) is 0 Å². The van der Waals surface area contributed by atoms with Crippen molar-refractivity contribution in [2.24, 2.45) is 11.7 Å². The highest BCUT2D eigenvalue weighted by Crippen LogP contribution is 2.31. The fraction of sp³-hybridized carbons (Fsp3) is 0.500. The van der Waals surface area contributed by atoms with Crippen molar-refractivity contribution in [2.75, 3.05) is 19.6 Å². The maximum Gasteiger partial charge on any atom is 0.244 e. The van der Waals surface area contributed by atoms with E-state index >= 15 is 0 Å². The van der Waals surface area contributed by atoms with Crippen LogP contribution in [0.2, 0.25) is 0 Å². The van der Waals surface area contributed by atoms with Gasteiger partial charge in [0.25, 0.3) is 0 Å². The Morgan fingerprint density at radius 2 is 2.20 bits per heavy atom. The molecule has 0 aromatic carbocycles. The Bertz CT molecular complexity index is 627. The lowest BCUT2D eigenvalue weighted by Gasteiger charge is -2.20. The van der Waals surface area contributed by atoms with Crippen LogP contribution in [0.4, 0.5) is 0 Å². The summed E-state index contributed by atoms with van der Waals surface area (Å²) in [5, 5.41) is 0. The Labute approximate surface area is 120 Å². The maximum absolute atomic E-state index is 12.6. The molecule has 1 saturated carbocycles. The smallest absolute Gasteiger partial charge is 0.244 e. The van der Waals surface area contributed by atoms with Gasteiger partial charge in [-0.3, -0.25) is 4.98 Å². The molecule has 1 heterocycles. The van der Waals surface area contributed by atoms with Crippen molar-refractivity contribution < 1.29 is 8.42 Å². The molecule has 0 bridgehead atoms. The van der Waals surface area contributed by atoms with Crippen LogP contribution in [0.15, 0.2) is 23.4 Å². The van der Waals surface area contributed by atoms with Gasteiger partial charge in [-0.15, -0.1) is 0 Å². The quantitative estimate of drug-likeness (QED) is 0.815. The Morgan fingerprint density at radius 1 is 1.45 bits per heavy atom. The van der Waals surface area contributed by atoms with E-state index in [4.69, 9.17) is 5.73 Å². The second-order valence-corrected chi connectivity index (χ2v) is 6.75. The lowest BCUT2D eigenvalue weighted by atomic mass is 10.3. The third-order valence-corrected chi connectivity index (χ3v) is 5.10. The molecule has 1 aliphatic rings. The number of aromatic nitrogens is 1. The van der Waals surface area contributed by atoms with Gasteiger partial charge < -0.3 is 5.73 Å². The number of nitrogens with two attached hydrogens (primary N) is 1. The van der Waals surface area contributed by atoms with Gasteiger partial charge in [0.2, 0.25) is 10.0 Å². The summed E-state index contributed by atoms with van der Waals surface area (Å²) in [5.74, 6) is 6.02. The molecule has 1 aromatic heterocycles. The van der Waals surface area contributed by atoms with Crippen LogP contribution < -0.4 is 5.73 Å². The molecular weight excluding hydrogens is 274 g/mol. The van der Waals surface area contributed by atoms with Crippen molar-refractivity contribution in [1.29, 1.82) is 0 Å². The molecule has 20 heavy (non-hydrogen) atoms. The number of hydrogen-bond acceptors (Lipinski definition) is 4. The lowest BCUT2D eigenvalue weighted by molar-refractivity contribution is 0.412. The highest BCUT2D eigenvalue weighted by molar-refractivity contribution is 7.89. The van der Waals surface area contributed by atoms with Crippen molar-refractivity contribution in [3.8, 4) is 11.8 Å². The molecule has 0 spiro atoms. The molecule has 0 amide bonds. The van der Waals surface area contributed by atoms with Gasteiger partial charge >= 0.3 is 0 Å². The average Bonchev–Trinajstić information content (AvgIpc) is 3.26. The minimum atomic E-state index is -3.48. The first-order valence-corrected chi connectivity index (χ1v) is 8.16. The summed E-state index contributed by atoms with van der Waals surface area (Å²) >= 11 is 0. The van der Waals surface area contributed by atoms with Gasteiger partial charge in [0, 0.05) is 31.0 Å². The first-order chi connectivity index (χ1) is 9.57. The van der Waals surface area contributed by atoms with Crippen LogP contribution in [0.5, 0.6) is 0 Å². The van der Waals surface area contributed by atoms with Crippen molar-refractivity contribution in [3.05, 3.63) is 24.0 Å². The Balaban J connectivity index is 2.27. The third kappa shape index (κ3) is 3.57. The number of rotatable bonds is 5. The van der Waals surface area contributed by atoms with Crippen LogP contribution in [0.1, 0.15) is 25.3 Å². The van der Waals surface area contributed by atoms with Gasteiger partial charge in [-0.1, -0.05) is 18.8 Å². The van der Waals surface area contributed by atoms with Gasteiger partial charge in [-0.25, -0.2) is 8.42 Å². The summed E-state index contributed by atoms with van der Waals surface area (Å²) in [6, 6.07) is 1.56. The highest BCUT2D eigenvalue weighted by atomic mass is 32.2. The van der Waals surface area contributed by atoms with Crippen LogP contribution >= 0.6 is 0 Å². The molecule has 6 heteroatoms. The van der Waals surface area contributed by atoms with Crippen LogP contribution in [-0.2, 0) is 10.0 Å². The standard InChI is InChI=1S/C14H19N3O2S/c1-2-17(11-12-5-6-12)20(18,19)14-8-13(4-3-7-15)9-16-10-14/h8-10,12H,2,5-7,11,15H2,1H3. The van der Waals surface area contributed by atoms with Gasteiger partial charge in [0.15, 0.2) is 0 Å². The molecule has 108 valence electrons. The van der Waals surface area contributed by atoms with E-state index in [0.29, 0.717) is 24.6 Å². The molecule has 5 nitrogen and oxygen atoms in total. The molecule has 1 aromatic rings. The molecule has 0 atom stereocenters. The normalized spacial score (nSPS) is 14.9.